The Morgan fingerprint density at radius 3 is 2.64 bits per heavy atom. The number of aryl methyl sites for hydroxylation is 3. The number of nitrogens with one attached hydrogen (secondary N) is 1. The van der Waals surface area contributed by atoms with Gasteiger partial charge in [0, 0.05) is 12.7 Å². The summed E-state index contributed by atoms with van der Waals surface area (Å²) in [6.07, 6.45) is 0. The van der Waals surface area contributed by atoms with Gasteiger partial charge in [-0.3, -0.25) is 4.98 Å². The molecule has 5 nitrogen and oxygen atoms in total. The van der Waals surface area contributed by atoms with Crippen LogP contribution >= 0.6 is 0 Å². The maximum absolute atomic E-state index is 10.1. The number of nitrogens with zero attached hydrogens (tertiary/aromatic N) is 3. The third-order valence-electron chi connectivity index (χ3n) is 3.81. The van der Waals surface area contributed by atoms with Crippen molar-refractivity contribution < 1.29 is 5.11 Å². The van der Waals surface area contributed by atoms with Gasteiger partial charge in [-0.25, -0.2) is 4.98 Å². The van der Waals surface area contributed by atoms with E-state index in [2.05, 4.69) is 45.8 Å². The van der Waals surface area contributed by atoms with Gasteiger partial charge in [0.15, 0.2) is 0 Å². The Morgan fingerprint density at radius 2 is 1.91 bits per heavy atom. The van der Waals surface area contributed by atoms with Gasteiger partial charge in [0.2, 0.25) is 5.95 Å². The highest BCUT2D eigenvalue weighted by Crippen LogP contribution is 2.26. The molecule has 1 aromatic carbocycles. The Morgan fingerprint density at radius 1 is 1.14 bits per heavy atom. The van der Waals surface area contributed by atoms with E-state index in [-0.39, 0.29) is 5.75 Å². The first kappa shape index (κ1) is 14.4. The molecule has 114 valence electrons. The van der Waals surface area contributed by atoms with Crippen LogP contribution in [0.15, 0.2) is 24.3 Å². The molecule has 0 radical (unpaired) electrons. The molecule has 3 aromatic rings. The largest absolute Gasteiger partial charge is 0.506 e. The Balaban J connectivity index is 2.19. The molecule has 0 unspecified atom stereocenters. The van der Waals surface area contributed by atoms with Gasteiger partial charge in [0.1, 0.15) is 11.4 Å². The number of hydrogen-bond acceptors (Lipinski definition) is 4. The van der Waals surface area contributed by atoms with Crippen molar-refractivity contribution in [1.29, 1.82) is 0 Å². The summed E-state index contributed by atoms with van der Waals surface area (Å²) in [5.41, 5.74) is 5.89. The first-order valence-corrected chi connectivity index (χ1v) is 7.30. The molecule has 2 aromatic heterocycles. The van der Waals surface area contributed by atoms with Gasteiger partial charge in [-0.1, -0.05) is 6.07 Å². The number of aromatic hydroxyl groups is 1. The summed E-state index contributed by atoms with van der Waals surface area (Å²) in [5, 5.41) is 13.2. The lowest BCUT2D eigenvalue weighted by Gasteiger charge is -2.10. The minimum Gasteiger partial charge on any atom is -0.506 e. The predicted octanol–water partition coefficient (Wildman–Crippen LogP) is 3.15. The van der Waals surface area contributed by atoms with E-state index in [0.717, 1.165) is 28.2 Å². The van der Waals surface area contributed by atoms with Crippen molar-refractivity contribution in [3.8, 4) is 5.75 Å². The van der Waals surface area contributed by atoms with Crippen molar-refractivity contribution in [2.24, 2.45) is 0 Å². The van der Waals surface area contributed by atoms with Gasteiger partial charge in [-0.15, -0.1) is 0 Å². The van der Waals surface area contributed by atoms with E-state index in [1.807, 2.05) is 14.0 Å². The molecule has 0 spiro atoms. The van der Waals surface area contributed by atoms with Crippen molar-refractivity contribution in [3.63, 3.8) is 0 Å². The summed E-state index contributed by atoms with van der Waals surface area (Å²) in [6.45, 7) is 6.53. The Labute approximate surface area is 129 Å². The van der Waals surface area contributed by atoms with Gasteiger partial charge in [-0.2, -0.15) is 0 Å². The summed E-state index contributed by atoms with van der Waals surface area (Å²) < 4.78 is 2.05. The molecular formula is C17H20N4O. The fraction of sp³-hybridized carbons (Fsp3) is 0.294. The van der Waals surface area contributed by atoms with E-state index in [1.54, 1.807) is 12.1 Å². The smallest absolute Gasteiger partial charge is 0.204 e. The normalized spacial score (nSPS) is 11.1. The van der Waals surface area contributed by atoms with Gasteiger partial charge in [-0.05, 0) is 50.1 Å². The average Bonchev–Trinajstić information content (AvgIpc) is 2.81. The zero-order valence-electron chi connectivity index (χ0n) is 13.3. The zero-order chi connectivity index (χ0) is 15.9. The number of anilines is 1. The highest BCUT2D eigenvalue weighted by Gasteiger charge is 2.14. The second-order valence-corrected chi connectivity index (χ2v) is 5.64. The molecule has 3 rings (SSSR count). The van der Waals surface area contributed by atoms with Crippen LogP contribution in [0.3, 0.4) is 0 Å². The zero-order valence-corrected chi connectivity index (χ0v) is 13.3. The van der Waals surface area contributed by atoms with Crippen LogP contribution in [0.1, 0.15) is 22.5 Å². The van der Waals surface area contributed by atoms with Gasteiger partial charge >= 0.3 is 0 Å². The number of benzene rings is 1. The summed E-state index contributed by atoms with van der Waals surface area (Å²) >= 11 is 0. The monoisotopic (exact) mass is 296 g/mol. The molecular weight excluding hydrogens is 276 g/mol. The predicted molar refractivity (Wildman–Crippen MR) is 88.5 cm³/mol. The van der Waals surface area contributed by atoms with Crippen molar-refractivity contribution in [2.45, 2.75) is 27.3 Å². The molecule has 0 aliphatic carbocycles. The molecule has 2 N–H and O–H groups in total. The summed E-state index contributed by atoms with van der Waals surface area (Å²) in [7, 11) is 1.85. The van der Waals surface area contributed by atoms with Crippen LogP contribution in [0.2, 0.25) is 0 Å². The van der Waals surface area contributed by atoms with Gasteiger partial charge in [0.05, 0.1) is 17.6 Å². The van der Waals surface area contributed by atoms with Crippen molar-refractivity contribution >= 4 is 17.0 Å². The molecule has 0 bridgehead atoms. The van der Waals surface area contributed by atoms with Crippen LogP contribution in [0, 0.1) is 20.8 Å². The summed E-state index contributed by atoms with van der Waals surface area (Å²) in [6, 6.07) is 7.73. The van der Waals surface area contributed by atoms with E-state index in [1.165, 1.54) is 5.56 Å². The Bertz CT molecular complexity index is 851. The lowest BCUT2D eigenvalue weighted by Crippen LogP contribution is -2.07. The molecule has 0 aliphatic heterocycles. The molecule has 2 heterocycles. The van der Waals surface area contributed by atoms with E-state index < -0.39 is 0 Å². The van der Waals surface area contributed by atoms with Crippen LogP contribution in [-0.4, -0.2) is 26.7 Å². The standard InChI is InChI=1S/C17H20N4O/c1-10-7-11(2)16-14(8-10)21(17(18-4)20-16)9-13-15(22)6-5-12(3)19-13/h5-8,22H,9H2,1-4H3,(H,18,20). The van der Waals surface area contributed by atoms with Crippen LogP contribution in [0.4, 0.5) is 5.95 Å². The topological polar surface area (TPSA) is 63.0 Å². The molecule has 0 fully saturated rings. The van der Waals surface area contributed by atoms with Crippen LogP contribution in [-0.2, 0) is 6.54 Å². The molecule has 0 saturated heterocycles. The number of fused-ring (bicyclic) bond motifs is 1. The van der Waals surface area contributed by atoms with E-state index in [0.29, 0.717) is 12.2 Å². The highest BCUT2D eigenvalue weighted by atomic mass is 16.3. The SMILES string of the molecule is CNc1nc2c(C)cc(C)cc2n1Cc1nc(C)ccc1O. The molecule has 0 saturated carbocycles. The number of hydrogen-bond donors (Lipinski definition) is 2. The number of pyridine rings is 1. The van der Waals surface area contributed by atoms with Crippen LogP contribution in [0.25, 0.3) is 11.0 Å². The third-order valence-corrected chi connectivity index (χ3v) is 3.81. The van der Waals surface area contributed by atoms with Crippen molar-refractivity contribution in [2.75, 3.05) is 12.4 Å². The lowest BCUT2D eigenvalue weighted by molar-refractivity contribution is 0.461. The minimum atomic E-state index is 0.207. The molecule has 0 atom stereocenters. The lowest BCUT2D eigenvalue weighted by atomic mass is 10.1. The Kier molecular flexibility index (Phi) is 3.48. The molecule has 0 amide bonds. The number of aromatic nitrogens is 3. The molecule has 22 heavy (non-hydrogen) atoms. The summed E-state index contributed by atoms with van der Waals surface area (Å²) in [4.78, 5) is 9.11. The van der Waals surface area contributed by atoms with Crippen molar-refractivity contribution in [3.05, 3.63) is 46.8 Å². The average molecular weight is 296 g/mol. The third kappa shape index (κ3) is 2.39. The first-order chi connectivity index (χ1) is 10.5. The minimum absolute atomic E-state index is 0.207. The summed E-state index contributed by atoms with van der Waals surface area (Å²) in [5.74, 6) is 0.977. The fourth-order valence-electron chi connectivity index (χ4n) is 2.79. The maximum Gasteiger partial charge on any atom is 0.204 e. The second kappa shape index (κ2) is 5.33. The van der Waals surface area contributed by atoms with Gasteiger partial charge in [0.25, 0.3) is 0 Å². The quantitative estimate of drug-likeness (QED) is 0.779. The first-order valence-electron chi connectivity index (χ1n) is 7.30. The van der Waals surface area contributed by atoms with Gasteiger partial charge < -0.3 is 15.0 Å². The van der Waals surface area contributed by atoms with E-state index in [9.17, 15) is 5.11 Å². The second-order valence-electron chi connectivity index (χ2n) is 5.64. The Hall–Kier alpha value is -2.56. The number of imidazole rings is 1. The molecule has 0 aliphatic rings. The van der Waals surface area contributed by atoms with Crippen LogP contribution in [0.5, 0.6) is 5.75 Å². The fourth-order valence-corrected chi connectivity index (χ4v) is 2.79. The maximum atomic E-state index is 10.1. The van der Waals surface area contributed by atoms with Crippen molar-refractivity contribution in [1.82, 2.24) is 14.5 Å². The molecule has 5 heteroatoms. The highest BCUT2D eigenvalue weighted by molar-refractivity contribution is 5.82. The van der Waals surface area contributed by atoms with E-state index in [4.69, 9.17) is 0 Å². The van der Waals surface area contributed by atoms with Crippen LogP contribution < -0.4 is 5.32 Å². The van der Waals surface area contributed by atoms with E-state index >= 15 is 0 Å². The number of rotatable bonds is 3.